The van der Waals surface area contributed by atoms with Crippen LogP contribution in [0, 0.1) is 0 Å². The molecule has 0 saturated heterocycles. The van der Waals surface area contributed by atoms with E-state index in [4.69, 9.17) is 15.0 Å². The van der Waals surface area contributed by atoms with Gasteiger partial charge in [0, 0.05) is 44.8 Å². The number of nitrogens with zero attached hydrogens (tertiary/aromatic N) is 5. The molecular weight excluding hydrogens is 779 g/mol. The molecule has 8 aliphatic rings. The fourth-order valence-corrected chi connectivity index (χ4v) is 11.8. The average molecular weight is 826 g/mol. The van der Waals surface area contributed by atoms with E-state index < -0.39 is 0 Å². The molecule has 2 aromatic heterocycles. The second-order valence-electron chi connectivity index (χ2n) is 19.4. The third kappa shape index (κ3) is 5.40. The standard InChI is InChI=1S/C59H47N5/c1-58(2)35-50-47-33-39(36-15-7-5-8-16-36)25-29-46(47)57-61-55(37-17-9-6-10-18-37)60-56(62-57)38-23-26-40(27-24-38)63-51-21-13-11-19-42(51)44-30-31-45-43-20-12-14-22-52(43)64(54(45)53(44)63)41-28-32-48(49(58)34-41)59(50,3)4/h5-34,43,50,52H,35H2,1-4H3. The van der Waals surface area contributed by atoms with Gasteiger partial charge in [-0.3, -0.25) is 0 Å². The molecule has 0 saturated carbocycles. The zero-order chi connectivity index (χ0) is 42.9. The molecule has 5 nitrogen and oxygen atoms in total. The lowest BCUT2D eigenvalue weighted by Gasteiger charge is -2.49. The van der Waals surface area contributed by atoms with E-state index in [2.05, 4.69) is 213 Å². The molecule has 0 fully saturated rings. The molecule has 0 radical (unpaired) electrons. The van der Waals surface area contributed by atoms with Crippen LogP contribution in [0.1, 0.15) is 68.2 Å². The van der Waals surface area contributed by atoms with Crippen molar-refractivity contribution in [1.29, 1.82) is 0 Å². The zero-order valence-corrected chi connectivity index (χ0v) is 36.5. The topological polar surface area (TPSA) is 46.8 Å². The Morgan fingerprint density at radius 3 is 1.95 bits per heavy atom. The number of anilines is 2. The van der Waals surface area contributed by atoms with Gasteiger partial charge in [0.25, 0.3) is 0 Å². The summed E-state index contributed by atoms with van der Waals surface area (Å²) in [6.45, 7) is 9.83. The van der Waals surface area contributed by atoms with E-state index in [1.807, 2.05) is 6.07 Å². The molecule has 8 bridgehead atoms. The third-order valence-corrected chi connectivity index (χ3v) is 15.0. The minimum absolute atomic E-state index is 0.150. The number of benzene rings is 7. The number of hydrogen-bond donors (Lipinski definition) is 0. The van der Waals surface area contributed by atoms with Crippen molar-refractivity contribution in [3.8, 4) is 51.0 Å². The maximum Gasteiger partial charge on any atom is 0.164 e. The summed E-state index contributed by atoms with van der Waals surface area (Å²) in [5.41, 5.74) is 16.4. The first-order chi connectivity index (χ1) is 31.2. The molecule has 17 rings (SSSR count). The predicted octanol–water partition coefficient (Wildman–Crippen LogP) is 14.4. The molecule has 308 valence electrons. The van der Waals surface area contributed by atoms with E-state index >= 15 is 0 Å². The van der Waals surface area contributed by atoms with Gasteiger partial charge in [-0.05, 0) is 99.0 Å². The number of aromatic nitrogens is 4. The normalized spacial score (nSPS) is 19.4. The summed E-state index contributed by atoms with van der Waals surface area (Å²) < 4.78 is 2.49. The van der Waals surface area contributed by atoms with E-state index in [1.54, 1.807) is 0 Å². The summed E-state index contributed by atoms with van der Waals surface area (Å²) in [6.07, 6.45) is 10.2. The number of rotatable bonds is 2. The van der Waals surface area contributed by atoms with Crippen molar-refractivity contribution < 1.29 is 0 Å². The first-order valence-electron chi connectivity index (χ1n) is 22.7. The second kappa shape index (κ2) is 13.6. The van der Waals surface area contributed by atoms with Crippen molar-refractivity contribution >= 4 is 33.2 Å². The Balaban J connectivity index is 1.14. The summed E-state index contributed by atoms with van der Waals surface area (Å²) in [5.74, 6) is 2.39. The summed E-state index contributed by atoms with van der Waals surface area (Å²) in [6, 6.07) is 58.1. The van der Waals surface area contributed by atoms with E-state index in [0.29, 0.717) is 17.5 Å². The minimum Gasteiger partial charge on any atom is -0.332 e. The maximum atomic E-state index is 5.42. The van der Waals surface area contributed by atoms with Crippen LogP contribution in [0.25, 0.3) is 72.8 Å². The predicted molar refractivity (Wildman–Crippen MR) is 263 cm³/mol. The van der Waals surface area contributed by atoms with Crippen LogP contribution in [0.4, 0.5) is 11.4 Å². The summed E-state index contributed by atoms with van der Waals surface area (Å²) in [4.78, 5) is 18.7. The van der Waals surface area contributed by atoms with Crippen molar-refractivity contribution in [3.63, 3.8) is 0 Å². The maximum absolute atomic E-state index is 5.42. The lowest BCUT2D eigenvalue weighted by atomic mass is 9.55. The van der Waals surface area contributed by atoms with Gasteiger partial charge in [-0.15, -0.1) is 0 Å². The monoisotopic (exact) mass is 825 g/mol. The van der Waals surface area contributed by atoms with E-state index in [-0.39, 0.29) is 28.7 Å². The number of hydrogen-bond acceptors (Lipinski definition) is 4. The van der Waals surface area contributed by atoms with Crippen molar-refractivity contribution in [2.24, 2.45) is 0 Å². The van der Waals surface area contributed by atoms with Gasteiger partial charge < -0.3 is 9.47 Å². The highest BCUT2D eigenvalue weighted by Gasteiger charge is 2.47. The summed E-state index contributed by atoms with van der Waals surface area (Å²) in [7, 11) is 0. The van der Waals surface area contributed by atoms with Crippen LogP contribution < -0.4 is 4.90 Å². The SMILES string of the molecule is CC1(C)CC2c3cc(-c4ccccc4)ccc3-c3nc(-c4ccccc4)nc(n3)-c3ccc(cc3)-n3c4ccccc4c4ccc5c(c43)N(c3ccc(c1c3)C2(C)C)C1C=CC=CC51. The Hall–Kier alpha value is -7.37. The van der Waals surface area contributed by atoms with Crippen molar-refractivity contribution in [2.75, 3.05) is 4.90 Å². The van der Waals surface area contributed by atoms with Crippen molar-refractivity contribution in [3.05, 3.63) is 204 Å². The smallest absolute Gasteiger partial charge is 0.164 e. The molecular formula is C59H47N5. The Kier molecular flexibility index (Phi) is 7.89. The van der Waals surface area contributed by atoms with Crippen LogP contribution >= 0.6 is 0 Å². The van der Waals surface area contributed by atoms with Gasteiger partial charge in [0.05, 0.1) is 22.8 Å². The van der Waals surface area contributed by atoms with Gasteiger partial charge in [-0.1, -0.05) is 167 Å². The van der Waals surface area contributed by atoms with Gasteiger partial charge in [0.1, 0.15) is 0 Å². The van der Waals surface area contributed by atoms with Crippen LogP contribution in [0.3, 0.4) is 0 Å². The Labute approximate surface area is 374 Å². The molecule has 9 aromatic rings. The lowest BCUT2D eigenvalue weighted by Crippen LogP contribution is -2.40. The van der Waals surface area contributed by atoms with Gasteiger partial charge >= 0.3 is 0 Å². The van der Waals surface area contributed by atoms with Gasteiger partial charge in [0.2, 0.25) is 0 Å². The highest BCUT2D eigenvalue weighted by molar-refractivity contribution is 6.15. The Morgan fingerprint density at radius 1 is 0.516 bits per heavy atom. The average Bonchev–Trinajstić information content (AvgIpc) is 3.86. The Morgan fingerprint density at radius 2 is 1.17 bits per heavy atom. The quantitative estimate of drug-likeness (QED) is 0.174. The molecule has 3 unspecified atom stereocenters. The van der Waals surface area contributed by atoms with Crippen molar-refractivity contribution in [1.82, 2.24) is 19.5 Å². The summed E-state index contributed by atoms with van der Waals surface area (Å²) in [5, 5.41) is 2.50. The molecule has 3 atom stereocenters. The molecule has 7 aromatic carbocycles. The number of para-hydroxylation sites is 1. The van der Waals surface area contributed by atoms with E-state index in [0.717, 1.165) is 28.8 Å². The fraction of sp³-hybridized carbons (Fsp3) is 0.169. The first-order valence-corrected chi connectivity index (χ1v) is 22.7. The van der Waals surface area contributed by atoms with Crippen LogP contribution in [-0.4, -0.2) is 25.6 Å². The highest BCUT2D eigenvalue weighted by Crippen LogP contribution is 2.58. The molecule has 0 amide bonds. The zero-order valence-electron chi connectivity index (χ0n) is 36.5. The molecule has 6 aliphatic heterocycles. The molecule has 0 spiro atoms. The van der Waals surface area contributed by atoms with Crippen molar-refractivity contribution in [2.45, 2.75) is 62.8 Å². The fourth-order valence-electron chi connectivity index (χ4n) is 11.8. The van der Waals surface area contributed by atoms with Crippen LogP contribution in [0.2, 0.25) is 0 Å². The minimum atomic E-state index is -0.233. The largest absolute Gasteiger partial charge is 0.332 e. The number of allylic oxidation sites excluding steroid dienone is 2. The number of fused-ring (bicyclic) bond motifs is 4. The van der Waals surface area contributed by atoms with Crippen LogP contribution in [-0.2, 0) is 10.8 Å². The van der Waals surface area contributed by atoms with Gasteiger partial charge in [-0.25, -0.2) is 15.0 Å². The highest BCUT2D eigenvalue weighted by atomic mass is 15.2. The molecule has 5 heteroatoms. The molecule has 64 heavy (non-hydrogen) atoms. The third-order valence-electron chi connectivity index (χ3n) is 15.0. The van der Waals surface area contributed by atoms with Crippen LogP contribution in [0.5, 0.6) is 0 Å². The molecule has 0 N–H and O–H groups in total. The molecule has 8 heterocycles. The van der Waals surface area contributed by atoms with E-state index in [1.165, 1.54) is 66.6 Å². The van der Waals surface area contributed by atoms with Crippen LogP contribution in [0.15, 0.2) is 182 Å². The van der Waals surface area contributed by atoms with Gasteiger partial charge in [-0.2, -0.15) is 0 Å². The molecule has 2 aliphatic carbocycles. The Bertz CT molecular complexity index is 3430. The van der Waals surface area contributed by atoms with E-state index in [9.17, 15) is 0 Å². The lowest BCUT2D eigenvalue weighted by molar-refractivity contribution is 0.283. The van der Waals surface area contributed by atoms with Gasteiger partial charge in [0.15, 0.2) is 17.5 Å². The first kappa shape index (κ1) is 37.2. The summed E-state index contributed by atoms with van der Waals surface area (Å²) >= 11 is 0. The second-order valence-corrected chi connectivity index (χ2v) is 19.4.